The molecule has 0 heterocycles. The average molecular weight is 346 g/mol. The molecule has 2 N–H and O–H groups in total. The molecule has 0 saturated heterocycles. The minimum absolute atomic E-state index is 0.342. The maximum atomic E-state index is 12.8. The molecule has 2 amide bonds. The van der Waals surface area contributed by atoms with Crippen LogP contribution < -0.4 is 20.3 Å². The summed E-state index contributed by atoms with van der Waals surface area (Å²) in [4.78, 5) is 24.1. The Bertz CT molecular complexity index is 762. The van der Waals surface area contributed by atoms with Crippen molar-refractivity contribution in [2.45, 2.75) is 20.0 Å². The molecule has 0 radical (unpaired) electrons. The first-order chi connectivity index (χ1) is 11.9. The first kappa shape index (κ1) is 18.3. The van der Waals surface area contributed by atoms with Gasteiger partial charge in [0.15, 0.2) is 6.10 Å². The Morgan fingerprint density at radius 1 is 1.08 bits per heavy atom. The molecule has 7 heteroatoms. The molecule has 0 bridgehead atoms. The topological polar surface area (TPSA) is 76.7 Å². The summed E-state index contributed by atoms with van der Waals surface area (Å²) in [5, 5.41) is 0. The molecular weight excluding hydrogens is 327 g/mol. The molecular formula is C18H19FN2O4. The van der Waals surface area contributed by atoms with Gasteiger partial charge in [-0.25, -0.2) is 4.39 Å². The molecule has 0 aliphatic rings. The smallest absolute Gasteiger partial charge is 0.279 e. The van der Waals surface area contributed by atoms with Crippen molar-refractivity contribution in [2.75, 3.05) is 7.11 Å². The number of nitrogens with one attached hydrogen (secondary N) is 2. The number of hydrogen-bond acceptors (Lipinski definition) is 4. The van der Waals surface area contributed by atoms with E-state index in [1.165, 1.54) is 38.3 Å². The van der Waals surface area contributed by atoms with Gasteiger partial charge in [-0.3, -0.25) is 20.4 Å². The Kier molecular flexibility index (Phi) is 5.94. The van der Waals surface area contributed by atoms with Gasteiger partial charge in [0.2, 0.25) is 0 Å². The van der Waals surface area contributed by atoms with Crippen LogP contribution in [0.1, 0.15) is 22.8 Å². The van der Waals surface area contributed by atoms with Crippen molar-refractivity contribution in [3.05, 3.63) is 59.4 Å². The minimum Gasteiger partial charge on any atom is -0.496 e. The monoisotopic (exact) mass is 346 g/mol. The summed E-state index contributed by atoms with van der Waals surface area (Å²) in [7, 11) is 1.51. The van der Waals surface area contributed by atoms with Crippen LogP contribution in [0.4, 0.5) is 4.39 Å². The van der Waals surface area contributed by atoms with E-state index in [1.54, 1.807) is 18.2 Å². The molecule has 2 aromatic carbocycles. The van der Waals surface area contributed by atoms with Gasteiger partial charge in [0.25, 0.3) is 11.8 Å². The van der Waals surface area contributed by atoms with Gasteiger partial charge in [0.05, 0.1) is 7.11 Å². The average Bonchev–Trinajstić information content (AvgIpc) is 2.61. The summed E-state index contributed by atoms with van der Waals surface area (Å²) in [6, 6.07) is 10.2. The zero-order valence-corrected chi connectivity index (χ0v) is 14.1. The summed E-state index contributed by atoms with van der Waals surface area (Å²) in [5.41, 5.74) is 5.83. The summed E-state index contributed by atoms with van der Waals surface area (Å²) in [5.74, 6) is -0.506. The van der Waals surface area contributed by atoms with Gasteiger partial charge in [-0.2, -0.15) is 0 Å². The Morgan fingerprint density at radius 3 is 2.40 bits per heavy atom. The van der Waals surface area contributed by atoms with Gasteiger partial charge in [-0.05, 0) is 55.8 Å². The lowest BCUT2D eigenvalue weighted by molar-refractivity contribution is -0.128. The Labute approximate surface area is 144 Å². The van der Waals surface area contributed by atoms with Gasteiger partial charge in [0, 0.05) is 5.56 Å². The highest BCUT2D eigenvalue weighted by molar-refractivity contribution is 5.96. The van der Waals surface area contributed by atoms with Crippen molar-refractivity contribution in [1.29, 1.82) is 0 Å². The summed E-state index contributed by atoms with van der Waals surface area (Å²) in [6.45, 7) is 3.37. The highest BCUT2D eigenvalue weighted by Crippen LogP contribution is 2.18. The highest BCUT2D eigenvalue weighted by Gasteiger charge is 2.16. The molecule has 0 aliphatic carbocycles. The molecule has 25 heavy (non-hydrogen) atoms. The fraction of sp³-hybridized carbons (Fsp3) is 0.222. The minimum atomic E-state index is -0.877. The molecule has 1 atom stereocenters. The number of carbonyl (C=O) groups excluding carboxylic acids is 2. The standard InChI is InChI=1S/C18H19FN2O4/c1-11-4-5-13(10-16(11)24-3)18(23)21-20-17(22)12(2)25-15-8-6-14(19)7-9-15/h4-10,12H,1-3H3,(H,20,22)(H,21,23)/t12-/m1/s1. The van der Waals surface area contributed by atoms with Gasteiger partial charge >= 0.3 is 0 Å². The zero-order chi connectivity index (χ0) is 18.4. The lowest BCUT2D eigenvalue weighted by Crippen LogP contribution is -2.47. The van der Waals surface area contributed by atoms with E-state index in [4.69, 9.17) is 9.47 Å². The van der Waals surface area contributed by atoms with Crippen molar-refractivity contribution in [2.24, 2.45) is 0 Å². The second-order valence-corrected chi connectivity index (χ2v) is 5.34. The first-order valence-corrected chi connectivity index (χ1v) is 7.57. The van der Waals surface area contributed by atoms with Crippen LogP contribution in [0, 0.1) is 12.7 Å². The molecule has 0 aliphatic heterocycles. The maximum Gasteiger partial charge on any atom is 0.279 e. The van der Waals surface area contributed by atoms with E-state index in [0.29, 0.717) is 17.1 Å². The Balaban J connectivity index is 1.90. The van der Waals surface area contributed by atoms with Crippen LogP contribution in [0.2, 0.25) is 0 Å². The SMILES string of the molecule is COc1cc(C(=O)NNC(=O)[C@@H](C)Oc2ccc(F)cc2)ccc1C. The Hall–Kier alpha value is -3.09. The van der Waals surface area contributed by atoms with Crippen LogP contribution in [0.25, 0.3) is 0 Å². The van der Waals surface area contributed by atoms with Crippen molar-refractivity contribution in [3.63, 3.8) is 0 Å². The number of hydrazine groups is 1. The van der Waals surface area contributed by atoms with E-state index in [-0.39, 0.29) is 0 Å². The number of hydrogen-bond donors (Lipinski definition) is 2. The predicted octanol–water partition coefficient (Wildman–Crippen LogP) is 2.37. The molecule has 0 saturated carbocycles. The summed E-state index contributed by atoms with van der Waals surface area (Å²) in [6.07, 6.45) is -0.877. The fourth-order valence-electron chi connectivity index (χ4n) is 2.02. The number of benzene rings is 2. The van der Waals surface area contributed by atoms with Gasteiger partial charge in [0.1, 0.15) is 17.3 Å². The van der Waals surface area contributed by atoms with E-state index < -0.39 is 23.7 Å². The van der Waals surface area contributed by atoms with Crippen molar-refractivity contribution < 1.29 is 23.5 Å². The van der Waals surface area contributed by atoms with Crippen LogP contribution >= 0.6 is 0 Å². The molecule has 6 nitrogen and oxygen atoms in total. The molecule has 0 aromatic heterocycles. The molecule has 0 fully saturated rings. The maximum absolute atomic E-state index is 12.8. The number of ether oxygens (including phenoxy) is 2. The number of amides is 2. The molecule has 0 spiro atoms. The Morgan fingerprint density at radius 2 is 1.76 bits per heavy atom. The lowest BCUT2D eigenvalue weighted by Gasteiger charge is -2.15. The van der Waals surface area contributed by atoms with Crippen LogP contribution in [-0.4, -0.2) is 25.0 Å². The predicted molar refractivity (Wildman–Crippen MR) is 89.8 cm³/mol. The van der Waals surface area contributed by atoms with E-state index in [9.17, 15) is 14.0 Å². The number of aryl methyl sites for hydroxylation is 1. The van der Waals surface area contributed by atoms with Crippen molar-refractivity contribution >= 4 is 11.8 Å². The molecule has 0 unspecified atom stereocenters. The van der Waals surface area contributed by atoms with Gasteiger partial charge < -0.3 is 9.47 Å². The number of methoxy groups -OCH3 is 1. The summed E-state index contributed by atoms with van der Waals surface area (Å²) >= 11 is 0. The lowest BCUT2D eigenvalue weighted by atomic mass is 10.1. The third-order valence-electron chi connectivity index (χ3n) is 3.47. The number of rotatable bonds is 5. The number of carbonyl (C=O) groups is 2. The zero-order valence-electron chi connectivity index (χ0n) is 14.1. The van der Waals surface area contributed by atoms with Crippen LogP contribution in [0.15, 0.2) is 42.5 Å². The van der Waals surface area contributed by atoms with E-state index in [1.807, 2.05) is 6.92 Å². The van der Waals surface area contributed by atoms with Crippen molar-refractivity contribution in [1.82, 2.24) is 10.9 Å². The fourth-order valence-corrected chi connectivity index (χ4v) is 2.02. The normalized spacial score (nSPS) is 11.4. The first-order valence-electron chi connectivity index (χ1n) is 7.57. The van der Waals surface area contributed by atoms with E-state index in [2.05, 4.69) is 10.9 Å². The second kappa shape index (κ2) is 8.14. The van der Waals surface area contributed by atoms with E-state index >= 15 is 0 Å². The van der Waals surface area contributed by atoms with E-state index in [0.717, 1.165) is 5.56 Å². The third-order valence-corrected chi connectivity index (χ3v) is 3.47. The van der Waals surface area contributed by atoms with Crippen LogP contribution in [0.5, 0.6) is 11.5 Å². The quantitative estimate of drug-likeness (QED) is 0.815. The molecule has 2 rings (SSSR count). The third kappa shape index (κ3) is 4.94. The summed E-state index contributed by atoms with van der Waals surface area (Å²) < 4.78 is 23.4. The van der Waals surface area contributed by atoms with Gasteiger partial charge in [-0.15, -0.1) is 0 Å². The van der Waals surface area contributed by atoms with Crippen LogP contribution in [0.3, 0.4) is 0 Å². The van der Waals surface area contributed by atoms with Crippen molar-refractivity contribution in [3.8, 4) is 11.5 Å². The largest absolute Gasteiger partial charge is 0.496 e. The molecule has 132 valence electrons. The highest BCUT2D eigenvalue weighted by atomic mass is 19.1. The second-order valence-electron chi connectivity index (χ2n) is 5.34. The van der Waals surface area contributed by atoms with Crippen LogP contribution in [-0.2, 0) is 4.79 Å². The van der Waals surface area contributed by atoms with Gasteiger partial charge in [-0.1, -0.05) is 6.07 Å². The number of halogens is 1. The molecule has 2 aromatic rings.